The Balaban J connectivity index is 1.74. The molecule has 1 aromatic rings. The second-order valence-electron chi connectivity index (χ2n) is 5.48. The van der Waals surface area contributed by atoms with Crippen molar-refractivity contribution in [3.63, 3.8) is 0 Å². The molecule has 2 rings (SSSR count). The first-order chi connectivity index (χ1) is 11.5. The van der Waals surface area contributed by atoms with Gasteiger partial charge in [-0.15, -0.1) is 0 Å². The number of likely N-dealkylation sites (N-methyl/N-ethyl adjacent to an activating group) is 1. The van der Waals surface area contributed by atoms with Crippen LogP contribution in [0.15, 0.2) is 28.7 Å². The molecular weight excluding hydrogens is 376 g/mol. The van der Waals surface area contributed by atoms with Gasteiger partial charge in [0.25, 0.3) is 5.91 Å². The van der Waals surface area contributed by atoms with Gasteiger partial charge < -0.3 is 15.5 Å². The van der Waals surface area contributed by atoms with Crippen LogP contribution in [0, 0.1) is 0 Å². The van der Waals surface area contributed by atoms with E-state index in [1.54, 1.807) is 0 Å². The molecule has 0 aromatic heterocycles. The highest BCUT2D eigenvalue weighted by Crippen LogP contribution is 2.14. The predicted octanol–water partition coefficient (Wildman–Crippen LogP) is 0.0691. The number of nitrogens with zero attached hydrogens (tertiary/aromatic N) is 2. The Morgan fingerprint density at radius 2 is 1.83 bits per heavy atom. The van der Waals surface area contributed by atoms with E-state index >= 15 is 0 Å². The van der Waals surface area contributed by atoms with Gasteiger partial charge in [-0.25, -0.2) is 0 Å². The highest BCUT2D eigenvalue weighted by atomic mass is 79.9. The normalized spacial score (nSPS) is 15.0. The summed E-state index contributed by atoms with van der Waals surface area (Å²) in [6.07, 6.45) is 0. The number of carbonyl (C=O) groups excluding carboxylic acids is 3. The van der Waals surface area contributed by atoms with Gasteiger partial charge in [-0.05, 0) is 18.2 Å². The second-order valence-corrected chi connectivity index (χ2v) is 6.39. The van der Waals surface area contributed by atoms with Crippen molar-refractivity contribution in [3.8, 4) is 0 Å². The molecule has 2 N–H and O–H groups in total. The summed E-state index contributed by atoms with van der Waals surface area (Å²) in [6.45, 7) is 3.85. The van der Waals surface area contributed by atoms with Crippen molar-refractivity contribution in [1.82, 2.24) is 20.4 Å². The number of piperazine rings is 1. The number of carbonyl (C=O) groups is 3. The summed E-state index contributed by atoms with van der Waals surface area (Å²) < 4.78 is 0.888. The number of hydrogen-bond donors (Lipinski definition) is 2. The fourth-order valence-corrected chi connectivity index (χ4v) is 2.90. The molecule has 24 heavy (non-hydrogen) atoms. The molecule has 3 amide bonds. The first kappa shape index (κ1) is 18.4. The van der Waals surface area contributed by atoms with Crippen molar-refractivity contribution in [2.75, 3.05) is 46.3 Å². The van der Waals surface area contributed by atoms with Crippen LogP contribution in [0.4, 0.5) is 0 Å². The van der Waals surface area contributed by atoms with Crippen LogP contribution in [0.1, 0.15) is 10.4 Å². The van der Waals surface area contributed by atoms with Crippen molar-refractivity contribution >= 4 is 33.7 Å². The summed E-state index contributed by atoms with van der Waals surface area (Å²) in [7, 11) is 1.42. The van der Waals surface area contributed by atoms with Gasteiger partial charge in [-0.3, -0.25) is 19.3 Å². The first-order valence-corrected chi connectivity index (χ1v) is 8.57. The molecule has 1 aromatic carbocycles. The summed E-state index contributed by atoms with van der Waals surface area (Å²) in [5, 5.41) is 4.85. The van der Waals surface area contributed by atoms with E-state index in [0.29, 0.717) is 31.7 Å². The molecule has 1 heterocycles. The average molecular weight is 397 g/mol. The Kier molecular flexibility index (Phi) is 6.74. The molecule has 0 aliphatic carbocycles. The minimum Gasteiger partial charge on any atom is -0.351 e. The lowest BCUT2D eigenvalue weighted by Crippen LogP contribution is -2.50. The third kappa shape index (κ3) is 5.04. The van der Waals surface area contributed by atoms with E-state index in [2.05, 4.69) is 31.5 Å². The monoisotopic (exact) mass is 396 g/mol. The lowest BCUT2D eigenvalue weighted by atomic mass is 10.2. The van der Waals surface area contributed by atoms with Crippen LogP contribution in [0.2, 0.25) is 0 Å². The van der Waals surface area contributed by atoms with Gasteiger partial charge >= 0.3 is 11.8 Å². The van der Waals surface area contributed by atoms with Crippen molar-refractivity contribution in [2.24, 2.45) is 0 Å². The Hall–Kier alpha value is -1.93. The van der Waals surface area contributed by atoms with Crippen molar-refractivity contribution in [1.29, 1.82) is 0 Å². The number of amides is 3. The second kappa shape index (κ2) is 8.79. The van der Waals surface area contributed by atoms with Crippen LogP contribution in [0.5, 0.6) is 0 Å². The Morgan fingerprint density at radius 1 is 1.12 bits per heavy atom. The van der Waals surface area contributed by atoms with E-state index in [4.69, 9.17) is 0 Å². The highest BCUT2D eigenvalue weighted by Gasteiger charge is 2.22. The fraction of sp³-hybridized carbons (Fsp3) is 0.438. The zero-order valence-corrected chi connectivity index (χ0v) is 15.1. The van der Waals surface area contributed by atoms with Crippen LogP contribution < -0.4 is 10.6 Å². The maximum atomic E-state index is 12.5. The van der Waals surface area contributed by atoms with Gasteiger partial charge in [-0.2, -0.15) is 0 Å². The molecule has 1 fully saturated rings. The molecule has 7 nitrogen and oxygen atoms in total. The summed E-state index contributed by atoms with van der Waals surface area (Å²) in [4.78, 5) is 38.9. The number of rotatable bonds is 4. The zero-order valence-electron chi connectivity index (χ0n) is 13.5. The van der Waals surface area contributed by atoms with E-state index in [1.165, 1.54) is 7.05 Å². The largest absolute Gasteiger partial charge is 0.351 e. The van der Waals surface area contributed by atoms with E-state index in [1.807, 2.05) is 29.2 Å². The Labute approximate surface area is 149 Å². The Bertz CT molecular complexity index is 615. The number of halogens is 1. The van der Waals surface area contributed by atoms with Crippen LogP contribution in [0.25, 0.3) is 0 Å². The molecule has 1 saturated heterocycles. The third-order valence-corrected chi connectivity index (χ3v) is 4.37. The average Bonchev–Trinajstić information content (AvgIpc) is 2.61. The van der Waals surface area contributed by atoms with Crippen LogP contribution in [-0.2, 0) is 9.59 Å². The zero-order chi connectivity index (χ0) is 17.5. The van der Waals surface area contributed by atoms with E-state index in [-0.39, 0.29) is 5.91 Å². The molecular formula is C16H21BrN4O3. The molecule has 0 atom stereocenters. The molecule has 0 unspecified atom stereocenters. The van der Waals surface area contributed by atoms with Crippen LogP contribution in [0.3, 0.4) is 0 Å². The van der Waals surface area contributed by atoms with E-state index in [9.17, 15) is 14.4 Å². The minimum atomic E-state index is -0.639. The standard InChI is InChI=1S/C16H21BrN4O3/c1-18-14(22)15(23)19-5-6-20-7-9-21(10-8-20)16(24)12-3-2-4-13(17)11-12/h2-4,11H,5-10H2,1H3,(H,18,22)(H,19,23). The quantitative estimate of drug-likeness (QED) is 0.705. The van der Waals surface area contributed by atoms with E-state index in [0.717, 1.165) is 17.6 Å². The summed E-state index contributed by atoms with van der Waals surface area (Å²) in [6, 6.07) is 7.38. The molecule has 1 aliphatic heterocycles. The molecule has 0 saturated carbocycles. The molecule has 8 heteroatoms. The lowest BCUT2D eigenvalue weighted by molar-refractivity contribution is -0.138. The number of benzene rings is 1. The van der Waals surface area contributed by atoms with Crippen LogP contribution in [-0.4, -0.2) is 73.8 Å². The molecule has 1 aliphatic rings. The van der Waals surface area contributed by atoms with Crippen molar-refractivity contribution in [3.05, 3.63) is 34.3 Å². The van der Waals surface area contributed by atoms with Gasteiger partial charge in [0.1, 0.15) is 0 Å². The smallest absolute Gasteiger partial charge is 0.309 e. The summed E-state index contributed by atoms with van der Waals surface area (Å²) in [5.41, 5.74) is 0.677. The maximum Gasteiger partial charge on any atom is 0.309 e. The number of hydrogen-bond acceptors (Lipinski definition) is 4. The van der Waals surface area contributed by atoms with Crippen molar-refractivity contribution < 1.29 is 14.4 Å². The van der Waals surface area contributed by atoms with Gasteiger partial charge in [0.05, 0.1) is 0 Å². The predicted molar refractivity (Wildman–Crippen MR) is 93.6 cm³/mol. The van der Waals surface area contributed by atoms with Gasteiger partial charge in [-0.1, -0.05) is 22.0 Å². The summed E-state index contributed by atoms with van der Waals surface area (Å²) in [5.74, 6) is -1.23. The maximum absolute atomic E-state index is 12.5. The molecule has 130 valence electrons. The van der Waals surface area contributed by atoms with E-state index < -0.39 is 11.8 Å². The molecule has 0 spiro atoms. The number of nitrogens with one attached hydrogen (secondary N) is 2. The first-order valence-electron chi connectivity index (χ1n) is 7.78. The molecule has 0 bridgehead atoms. The minimum absolute atomic E-state index is 0.0314. The van der Waals surface area contributed by atoms with Gasteiger partial charge in [0.15, 0.2) is 0 Å². The molecule has 0 radical (unpaired) electrons. The summed E-state index contributed by atoms with van der Waals surface area (Å²) >= 11 is 3.38. The van der Waals surface area contributed by atoms with Gasteiger partial charge in [0, 0.05) is 56.4 Å². The SMILES string of the molecule is CNC(=O)C(=O)NCCN1CCN(C(=O)c2cccc(Br)c2)CC1. The topological polar surface area (TPSA) is 81.8 Å². The van der Waals surface area contributed by atoms with Crippen LogP contribution >= 0.6 is 15.9 Å². The lowest BCUT2D eigenvalue weighted by Gasteiger charge is -2.34. The van der Waals surface area contributed by atoms with Crippen molar-refractivity contribution in [2.45, 2.75) is 0 Å². The van der Waals surface area contributed by atoms with Gasteiger partial charge in [0.2, 0.25) is 0 Å². The Morgan fingerprint density at radius 3 is 2.46 bits per heavy atom. The fourth-order valence-electron chi connectivity index (χ4n) is 2.50. The highest BCUT2D eigenvalue weighted by molar-refractivity contribution is 9.10. The third-order valence-electron chi connectivity index (χ3n) is 3.88.